The van der Waals surface area contributed by atoms with Crippen LogP contribution in [-0.4, -0.2) is 20.9 Å². The first-order valence-electron chi connectivity index (χ1n) is 8.47. The molecule has 1 aliphatic rings. The van der Waals surface area contributed by atoms with Crippen molar-refractivity contribution in [1.29, 1.82) is 0 Å². The zero-order valence-corrected chi connectivity index (χ0v) is 14.9. The fourth-order valence-electron chi connectivity index (χ4n) is 3.33. The van der Waals surface area contributed by atoms with Gasteiger partial charge in [0.15, 0.2) is 0 Å². The number of sulfonamides is 1. The first-order valence-corrected chi connectivity index (χ1v) is 9.91. The number of nitrogens with one attached hydrogen (secondary N) is 1. The van der Waals surface area contributed by atoms with E-state index in [1.807, 2.05) is 54.6 Å². The van der Waals surface area contributed by atoms with Crippen molar-refractivity contribution in [2.24, 2.45) is 0 Å². The van der Waals surface area contributed by atoms with Crippen LogP contribution >= 0.6 is 0 Å². The van der Waals surface area contributed by atoms with E-state index in [2.05, 4.69) is 5.32 Å². The van der Waals surface area contributed by atoms with Crippen LogP contribution in [0.5, 0.6) is 0 Å². The highest BCUT2D eigenvalue weighted by Gasteiger charge is 2.34. The molecule has 1 heterocycles. The van der Waals surface area contributed by atoms with Crippen LogP contribution < -0.4 is 9.62 Å². The predicted octanol–water partition coefficient (Wildman–Crippen LogP) is 3.77. The van der Waals surface area contributed by atoms with E-state index in [-0.39, 0.29) is 18.9 Å². The average molecular weight is 366 g/mol. The molecule has 0 saturated heterocycles. The number of rotatable bonds is 5. The van der Waals surface area contributed by atoms with Crippen LogP contribution in [0, 0.1) is 0 Å². The van der Waals surface area contributed by atoms with Gasteiger partial charge in [0.2, 0.25) is 5.91 Å². The SMILES string of the molecule is O=C(CCCN1c2cccc3cccc(c23)S1(=O)=O)Nc1ccccc1. The summed E-state index contributed by atoms with van der Waals surface area (Å²) in [6.45, 7) is 0.276. The molecule has 3 aromatic rings. The van der Waals surface area contributed by atoms with Gasteiger partial charge in [-0.2, -0.15) is 0 Å². The Hall–Kier alpha value is -2.86. The summed E-state index contributed by atoms with van der Waals surface area (Å²) in [6.07, 6.45) is 0.704. The van der Waals surface area contributed by atoms with Crippen molar-refractivity contribution in [3.05, 3.63) is 66.7 Å². The number of hydrogen-bond acceptors (Lipinski definition) is 3. The Labute approximate surface area is 152 Å². The van der Waals surface area contributed by atoms with E-state index >= 15 is 0 Å². The highest BCUT2D eigenvalue weighted by atomic mass is 32.2. The zero-order valence-electron chi connectivity index (χ0n) is 14.1. The van der Waals surface area contributed by atoms with Gasteiger partial charge in [-0.1, -0.05) is 42.5 Å². The summed E-state index contributed by atoms with van der Waals surface area (Å²) in [5.74, 6) is -0.122. The molecule has 1 N–H and O–H groups in total. The first-order chi connectivity index (χ1) is 12.6. The first kappa shape index (κ1) is 16.6. The summed E-state index contributed by atoms with van der Waals surface area (Å²) in [7, 11) is -3.55. The van der Waals surface area contributed by atoms with Crippen LogP contribution in [0.2, 0.25) is 0 Å². The minimum atomic E-state index is -3.55. The third-order valence-electron chi connectivity index (χ3n) is 4.50. The third-order valence-corrected chi connectivity index (χ3v) is 6.36. The number of carbonyl (C=O) groups excluding carboxylic acids is 1. The van der Waals surface area contributed by atoms with Gasteiger partial charge >= 0.3 is 0 Å². The molecule has 5 nitrogen and oxygen atoms in total. The number of anilines is 2. The molecule has 4 rings (SSSR count). The lowest BCUT2D eigenvalue weighted by Crippen LogP contribution is -2.28. The molecule has 1 amide bonds. The summed E-state index contributed by atoms with van der Waals surface area (Å²) < 4.78 is 27.1. The molecule has 0 bridgehead atoms. The molecule has 3 aromatic carbocycles. The summed E-state index contributed by atoms with van der Waals surface area (Å²) in [5.41, 5.74) is 1.44. The standard InChI is InChI=1S/C20H18N2O3S/c23-19(21-16-9-2-1-3-10-16)13-6-14-22-17-11-4-7-15-8-5-12-18(20(15)17)26(22,24)25/h1-5,7-12H,6,13-14H2,(H,21,23). The molecule has 6 heteroatoms. The molecule has 0 saturated carbocycles. The number of benzene rings is 3. The van der Waals surface area contributed by atoms with E-state index in [0.717, 1.165) is 16.5 Å². The van der Waals surface area contributed by atoms with Gasteiger partial charge in [0.05, 0.1) is 10.6 Å². The van der Waals surface area contributed by atoms with Crippen LogP contribution in [0.25, 0.3) is 10.8 Å². The van der Waals surface area contributed by atoms with Gasteiger partial charge in [0.1, 0.15) is 0 Å². The van der Waals surface area contributed by atoms with E-state index < -0.39 is 10.0 Å². The summed E-state index contributed by atoms with van der Waals surface area (Å²) >= 11 is 0. The summed E-state index contributed by atoms with van der Waals surface area (Å²) in [4.78, 5) is 12.4. The largest absolute Gasteiger partial charge is 0.326 e. The van der Waals surface area contributed by atoms with Gasteiger partial charge < -0.3 is 5.32 Å². The summed E-state index contributed by atoms with van der Waals surface area (Å²) in [6, 6.07) is 20.1. The van der Waals surface area contributed by atoms with Crippen LogP contribution in [0.15, 0.2) is 71.6 Å². The second-order valence-corrected chi connectivity index (χ2v) is 8.06. The molecule has 26 heavy (non-hydrogen) atoms. The monoisotopic (exact) mass is 366 g/mol. The van der Waals surface area contributed by atoms with Crippen molar-refractivity contribution in [2.45, 2.75) is 17.7 Å². The molecule has 0 spiro atoms. The lowest BCUT2D eigenvalue weighted by atomic mass is 10.1. The fraction of sp³-hybridized carbons (Fsp3) is 0.150. The van der Waals surface area contributed by atoms with E-state index in [1.54, 1.807) is 12.1 Å². The Balaban J connectivity index is 1.48. The lowest BCUT2D eigenvalue weighted by molar-refractivity contribution is -0.116. The number of carbonyl (C=O) groups is 1. The lowest BCUT2D eigenvalue weighted by Gasteiger charge is -2.18. The topological polar surface area (TPSA) is 66.5 Å². The molecular formula is C20H18N2O3S. The van der Waals surface area contributed by atoms with Crippen LogP contribution in [0.4, 0.5) is 11.4 Å². The van der Waals surface area contributed by atoms with Crippen molar-refractivity contribution in [3.63, 3.8) is 0 Å². The molecule has 0 unspecified atom stereocenters. The number of amides is 1. The highest BCUT2D eigenvalue weighted by molar-refractivity contribution is 7.93. The third kappa shape index (κ3) is 2.82. The Kier molecular flexibility index (Phi) is 4.12. The molecule has 0 fully saturated rings. The molecule has 132 valence electrons. The van der Waals surface area contributed by atoms with Gasteiger partial charge in [-0.05, 0) is 36.1 Å². The fourth-order valence-corrected chi connectivity index (χ4v) is 5.08. The van der Waals surface area contributed by atoms with Crippen molar-refractivity contribution in [2.75, 3.05) is 16.2 Å². The second-order valence-electron chi connectivity index (χ2n) is 6.23. The van der Waals surface area contributed by atoms with Gasteiger partial charge in [-0.3, -0.25) is 9.10 Å². The van der Waals surface area contributed by atoms with Gasteiger partial charge in [0.25, 0.3) is 10.0 Å². The van der Waals surface area contributed by atoms with Crippen molar-refractivity contribution in [1.82, 2.24) is 0 Å². The van der Waals surface area contributed by atoms with Gasteiger partial charge in [-0.15, -0.1) is 0 Å². The predicted molar refractivity (Wildman–Crippen MR) is 103 cm³/mol. The van der Waals surface area contributed by atoms with E-state index in [4.69, 9.17) is 0 Å². The quantitative estimate of drug-likeness (QED) is 0.747. The Bertz CT molecular complexity index is 1070. The molecular weight excluding hydrogens is 348 g/mol. The number of para-hydroxylation sites is 1. The smallest absolute Gasteiger partial charge is 0.265 e. The van der Waals surface area contributed by atoms with Crippen molar-refractivity contribution >= 4 is 38.1 Å². The van der Waals surface area contributed by atoms with Crippen molar-refractivity contribution in [3.8, 4) is 0 Å². The maximum Gasteiger partial charge on any atom is 0.265 e. The van der Waals surface area contributed by atoms with Crippen LogP contribution in [-0.2, 0) is 14.8 Å². The van der Waals surface area contributed by atoms with Gasteiger partial charge in [-0.25, -0.2) is 8.42 Å². The minimum absolute atomic E-state index is 0.122. The highest BCUT2D eigenvalue weighted by Crippen LogP contribution is 2.41. The van der Waals surface area contributed by atoms with Crippen LogP contribution in [0.1, 0.15) is 12.8 Å². The van der Waals surface area contributed by atoms with E-state index in [0.29, 0.717) is 17.0 Å². The normalized spacial score (nSPS) is 14.5. The number of hydrogen-bond donors (Lipinski definition) is 1. The molecule has 1 aliphatic heterocycles. The molecule has 0 aromatic heterocycles. The summed E-state index contributed by atoms with van der Waals surface area (Å²) in [5, 5.41) is 4.50. The minimum Gasteiger partial charge on any atom is -0.326 e. The molecule has 0 aliphatic carbocycles. The molecule has 0 atom stereocenters. The Morgan fingerprint density at radius 3 is 2.42 bits per heavy atom. The zero-order chi connectivity index (χ0) is 18.1. The Morgan fingerprint density at radius 1 is 0.923 bits per heavy atom. The average Bonchev–Trinajstić information content (AvgIpc) is 2.86. The maximum absolute atomic E-state index is 12.9. The second kappa shape index (κ2) is 6.46. The van der Waals surface area contributed by atoms with Crippen molar-refractivity contribution < 1.29 is 13.2 Å². The van der Waals surface area contributed by atoms with E-state index in [9.17, 15) is 13.2 Å². The van der Waals surface area contributed by atoms with Gasteiger partial charge in [0, 0.05) is 24.0 Å². The Morgan fingerprint density at radius 2 is 1.65 bits per heavy atom. The maximum atomic E-state index is 12.9. The van der Waals surface area contributed by atoms with Crippen LogP contribution in [0.3, 0.4) is 0 Å². The molecule has 0 radical (unpaired) electrons. The van der Waals surface area contributed by atoms with E-state index in [1.165, 1.54) is 4.31 Å². The number of nitrogens with zero attached hydrogens (tertiary/aromatic N) is 1.